The van der Waals surface area contributed by atoms with Crippen LogP contribution in [0.25, 0.3) is 0 Å². The largest absolute Gasteiger partial charge is 0.483 e. The van der Waals surface area contributed by atoms with Crippen LogP contribution in [0.5, 0.6) is 5.75 Å². The highest BCUT2D eigenvalue weighted by Gasteiger charge is 2.16. The van der Waals surface area contributed by atoms with E-state index in [0.717, 1.165) is 12.1 Å². The number of nitrogens with one attached hydrogen (secondary N) is 3. The molecule has 0 heterocycles. The number of amidine groups is 1. The smallest absolute Gasteiger partial charge is 0.325 e. The molecule has 12 nitrogen and oxygen atoms in total. The Hall–Kier alpha value is -4.19. The van der Waals surface area contributed by atoms with Crippen LogP contribution >= 0.6 is 11.6 Å². The molecule has 13 heteroatoms. The van der Waals surface area contributed by atoms with Crippen molar-refractivity contribution in [2.24, 2.45) is 5.73 Å². The van der Waals surface area contributed by atoms with Crippen molar-refractivity contribution < 1.29 is 28.8 Å². The van der Waals surface area contributed by atoms with E-state index >= 15 is 0 Å². The number of esters is 1. The van der Waals surface area contributed by atoms with Crippen molar-refractivity contribution in [3.05, 3.63) is 68.2 Å². The summed E-state index contributed by atoms with van der Waals surface area (Å²) in [7, 11) is 1.44. The molecule has 0 aliphatic carbocycles. The molecule has 0 spiro atoms. The van der Waals surface area contributed by atoms with E-state index in [0.29, 0.717) is 11.1 Å². The van der Waals surface area contributed by atoms with Crippen LogP contribution in [-0.4, -0.2) is 48.7 Å². The molecule has 174 valence electrons. The zero-order chi connectivity index (χ0) is 24.5. The van der Waals surface area contributed by atoms with E-state index < -0.39 is 29.3 Å². The van der Waals surface area contributed by atoms with Gasteiger partial charge in [-0.3, -0.25) is 29.9 Å². The molecule has 0 unspecified atom stereocenters. The first-order valence-corrected chi connectivity index (χ1v) is 9.68. The maximum Gasteiger partial charge on any atom is 0.325 e. The summed E-state index contributed by atoms with van der Waals surface area (Å²) >= 11 is 5.78. The Balaban J connectivity index is 2.00. The number of likely N-dealkylation sites (N-methyl/N-ethyl adjacent to an activating group) is 1. The minimum Gasteiger partial charge on any atom is -0.483 e. The van der Waals surface area contributed by atoms with Crippen LogP contribution in [0, 0.1) is 15.5 Å². The van der Waals surface area contributed by atoms with Gasteiger partial charge in [-0.15, -0.1) is 0 Å². The number of ether oxygens (including phenoxy) is 2. The summed E-state index contributed by atoms with van der Waals surface area (Å²) in [5.74, 6) is -1.97. The number of nitrogens with two attached hydrogens (primary N) is 1. The first kappa shape index (κ1) is 25.1. The molecule has 0 bridgehead atoms. The lowest BCUT2D eigenvalue weighted by Crippen LogP contribution is -2.30. The van der Waals surface area contributed by atoms with Crippen molar-refractivity contribution >= 4 is 40.9 Å². The third-order valence-corrected chi connectivity index (χ3v) is 4.37. The molecule has 2 rings (SSSR count). The highest BCUT2D eigenvalue weighted by Crippen LogP contribution is 2.22. The molecule has 2 amide bonds. The summed E-state index contributed by atoms with van der Waals surface area (Å²) in [6.07, 6.45) is 0. The van der Waals surface area contributed by atoms with Crippen LogP contribution in [0.15, 0.2) is 36.4 Å². The summed E-state index contributed by atoms with van der Waals surface area (Å²) < 4.78 is 10.5. The maximum atomic E-state index is 12.2. The molecule has 5 N–H and O–H groups in total. The number of nitro groups is 1. The molecule has 33 heavy (non-hydrogen) atoms. The Labute approximate surface area is 192 Å². The molecule has 0 aromatic heterocycles. The molecule has 0 radical (unpaired) electrons. The molecule has 2 aromatic carbocycles. The van der Waals surface area contributed by atoms with Crippen LogP contribution in [-0.2, 0) is 20.9 Å². The summed E-state index contributed by atoms with van der Waals surface area (Å²) in [5.41, 5.74) is 5.75. The van der Waals surface area contributed by atoms with Gasteiger partial charge in [-0.2, -0.15) is 0 Å². The van der Waals surface area contributed by atoms with Crippen molar-refractivity contribution in [1.29, 1.82) is 5.41 Å². The van der Waals surface area contributed by atoms with Crippen LogP contribution in [0.4, 0.5) is 5.69 Å². The van der Waals surface area contributed by atoms with Gasteiger partial charge in [0.2, 0.25) is 0 Å². The Morgan fingerprint density at radius 3 is 2.55 bits per heavy atom. The third-order valence-electron chi connectivity index (χ3n) is 4.15. The van der Waals surface area contributed by atoms with E-state index in [1.54, 1.807) is 0 Å². The fourth-order valence-electron chi connectivity index (χ4n) is 2.47. The van der Waals surface area contributed by atoms with Gasteiger partial charge in [-0.1, -0.05) is 23.7 Å². The SMILES string of the molecule is CNC(=O)COc1cc(C(=N)N)ccc1COC(=O)CNC(=O)c1cc(Cl)cc([N+](=O)[O-])c1. The van der Waals surface area contributed by atoms with Gasteiger partial charge in [-0.05, 0) is 12.1 Å². The van der Waals surface area contributed by atoms with Gasteiger partial charge in [0.1, 0.15) is 24.7 Å². The van der Waals surface area contributed by atoms with Crippen LogP contribution in [0.3, 0.4) is 0 Å². The molecular weight excluding hydrogens is 458 g/mol. The number of nitro benzene ring substituents is 1. The van der Waals surface area contributed by atoms with E-state index in [-0.39, 0.29) is 41.1 Å². The molecule has 0 atom stereocenters. The Kier molecular flexibility index (Phi) is 8.69. The van der Waals surface area contributed by atoms with Crippen molar-refractivity contribution in [3.8, 4) is 5.75 Å². The standard InChI is InChI=1S/C20H20ClN5O7/c1-24-17(27)10-32-16-6-11(19(22)23)2-3-12(16)9-33-18(28)8-25-20(29)13-4-14(21)7-15(5-13)26(30)31/h2-7H,8-10H2,1H3,(H3,22,23)(H,24,27)(H,25,29). The van der Waals surface area contributed by atoms with Gasteiger partial charge in [0.25, 0.3) is 17.5 Å². The number of carbonyl (C=O) groups excluding carboxylic acids is 3. The average molecular weight is 478 g/mol. The van der Waals surface area contributed by atoms with Crippen LogP contribution in [0.2, 0.25) is 5.02 Å². The summed E-state index contributed by atoms with van der Waals surface area (Å²) in [6.45, 7) is -1.07. The average Bonchev–Trinajstić information content (AvgIpc) is 2.79. The fraction of sp³-hybridized carbons (Fsp3) is 0.200. The molecule has 0 saturated carbocycles. The van der Waals surface area contributed by atoms with E-state index in [1.807, 2.05) is 0 Å². The predicted molar refractivity (Wildman–Crippen MR) is 117 cm³/mol. The van der Waals surface area contributed by atoms with Gasteiger partial charge in [0.05, 0.1) is 4.92 Å². The summed E-state index contributed by atoms with van der Waals surface area (Å²) in [4.78, 5) is 45.9. The van der Waals surface area contributed by atoms with E-state index in [2.05, 4.69) is 10.6 Å². The van der Waals surface area contributed by atoms with E-state index in [1.165, 1.54) is 31.3 Å². The van der Waals surface area contributed by atoms with Gasteiger partial charge in [0.15, 0.2) is 6.61 Å². The number of rotatable bonds is 10. The molecule has 0 fully saturated rings. The van der Waals surface area contributed by atoms with Crippen molar-refractivity contribution in [3.63, 3.8) is 0 Å². The Bertz CT molecular complexity index is 1110. The van der Waals surface area contributed by atoms with Crippen LogP contribution < -0.4 is 21.1 Å². The zero-order valence-corrected chi connectivity index (χ0v) is 18.1. The molecule has 0 saturated heterocycles. The number of hydrogen-bond acceptors (Lipinski definition) is 8. The van der Waals surface area contributed by atoms with Gasteiger partial charge >= 0.3 is 5.97 Å². The predicted octanol–water partition coefficient (Wildman–Crippen LogP) is 1.13. The van der Waals surface area contributed by atoms with Crippen LogP contribution in [0.1, 0.15) is 21.5 Å². The summed E-state index contributed by atoms with van der Waals surface area (Å²) in [6, 6.07) is 7.82. The number of halogens is 1. The number of carbonyl (C=O) groups is 3. The third kappa shape index (κ3) is 7.47. The maximum absolute atomic E-state index is 12.2. The molecule has 0 aliphatic rings. The summed E-state index contributed by atoms with van der Waals surface area (Å²) in [5, 5.41) is 23.1. The van der Waals surface area contributed by atoms with Gasteiger partial charge in [0, 0.05) is 40.9 Å². The van der Waals surface area contributed by atoms with E-state index in [4.69, 9.17) is 32.2 Å². The fourth-order valence-corrected chi connectivity index (χ4v) is 2.69. The molecular formula is C20H20ClN5O7. The quantitative estimate of drug-likeness (QED) is 0.129. The number of non-ortho nitro benzene ring substituents is 1. The minimum atomic E-state index is -0.798. The number of nitrogen functional groups attached to an aromatic ring is 1. The highest BCUT2D eigenvalue weighted by atomic mass is 35.5. The monoisotopic (exact) mass is 477 g/mol. The van der Waals surface area contributed by atoms with Gasteiger partial charge in [-0.25, -0.2) is 0 Å². The molecule has 2 aromatic rings. The Morgan fingerprint density at radius 1 is 1.18 bits per heavy atom. The topological polar surface area (TPSA) is 187 Å². The van der Waals surface area contributed by atoms with Crippen molar-refractivity contribution in [2.75, 3.05) is 20.2 Å². The number of amides is 2. The number of nitrogens with zero attached hydrogens (tertiary/aromatic N) is 1. The van der Waals surface area contributed by atoms with Crippen molar-refractivity contribution in [2.45, 2.75) is 6.61 Å². The lowest BCUT2D eigenvalue weighted by Gasteiger charge is -2.13. The Morgan fingerprint density at radius 2 is 1.91 bits per heavy atom. The zero-order valence-electron chi connectivity index (χ0n) is 17.3. The lowest BCUT2D eigenvalue weighted by atomic mass is 10.1. The molecule has 0 aliphatic heterocycles. The first-order valence-electron chi connectivity index (χ1n) is 9.30. The van der Waals surface area contributed by atoms with Crippen molar-refractivity contribution in [1.82, 2.24) is 10.6 Å². The highest BCUT2D eigenvalue weighted by molar-refractivity contribution is 6.31. The minimum absolute atomic E-state index is 0.00443. The lowest BCUT2D eigenvalue weighted by molar-refractivity contribution is -0.384. The number of benzene rings is 2. The first-order chi connectivity index (χ1) is 15.6. The second-order valence-corrected chi connectivity index (χ2v) is 6.93. The second-order valence-electron chi connectivity index (χ2n) is 6.50. The van der Waals surface area contributed by atoms with Gasteiger partial charge < -0.3 is 25.8 Å². The number of hydrogen-bond donors (Lipinski definition) is 4. The van der Waals surface area contributed by atoms with E-state index in [9.17, 15) is 24.5 Å². The normalized spacial score (nSPS) is 10.1. The second kappa shape index (κ2) is 11.4.